The minimum Gasteiger partial charge on any atom is -0.381 e. The molecule has 0 spiro atoms. The van der Waals surface area contributed by atoms with Crippen LogP contribution in [0.2, 0.25) is 0 Å². The summed E-state index contributed by atoms with van der Waals surface area (Å²) in [6.45, 7) is 12.6. The first kappa shape index (κ1) is 13.9. The minimum atomic E-state index is 0.276. The molecule has 0 bridgehead atoms. The molecule has 0 aliphatic rings. The minimum absolute atomic E-state index is 0.276. The number of ether oxygens (including phenoxy) is 1. The molecule has 0 aliphatic carbocycles. The molecular weight excluding hydrogens is 174 g/mol. The van der Waals surface area contributed by atoms with E-state index >= 15 is 0 Å². The number of hydrogen-bond donors (Lipinski definition) is 1. The topological polar surface area (TPSA) is 35.2 Å². The standard InChI is InChI=1S/C12H27NO/c1-9(2)8-14-7-6-12(10(3)4)11(5)13/h9-12H,6-8,13H2,1-5H3. The molecule has 0 aliphatic heterocycles. The molecule has 0 amide bonds. The molecule has 2 nitrogen and oxygen atoms in total. The number of rotatable bonds is 7. The Kier molecular flexibility index (Phi) is 7.20. The predicted molar refractivity (Wildman–Crippen MR) is 62.3 cm³/mol. The van der Waals surface area contributed by atoms with E-state index in [1.54, 1.807) is 0 Å². The maximum Gasteiger partial charge on any atom is 0.0488 e. The molecule has 14 heavy (non-hydrogen) atoms. The predicted octanol–water partition coefficient (Wildman–Crippen LogP) is 2.67. The van der Waals surface area contributed by atoms with Crippen molar-refractivity contribution in [1.82, 2.24) is 0 Å². The van der Waals surface area contributed by atoms with E-state index in [-0.39, 0.29) is 6.04 Å². The van der Waals surface area contributed by atoms with Gasteiger partial charge in [0.2, 0.25) is 0 Å². The highest BCUT2D eigenvalue weighted by Crippen LogP contribution is 2.18. The van der Waals surface area contributed by atoms with E-state index < -0.39 is 0 Å². The zero-order valence-corrected chi connectivity index (χ0v) is 10.4. The van der Waals surface area contributed by atoms with Crippen LogP contribution in [-0.2, 0) is 4.74 Å². The summed E-state index contributed by atoms with van der Waals surface area (Å²) in [4.78, 5) is 0. The Morgan fingerprint density at radius 3 is 2.00 bits per heavy atom. The van der Waals surface area contributed by atoms with E-state index in [0.29, 0.717) is 17.8 Å². The highest BCUT2D eigenvalue weighted by molar-refractivity contribution is 4.71. The van der Waals surface area contributed by atoms with Gasteiger partial charge in [-0.25, -0.2) is 0 Å². The summed E-state index contributed by atoms with van der Waals surface area (Å²) in [7, 11) is 0. The molecule has 0 fully saturated rings. The molecule has 0 rings (SSSR count). The van der Waals surface area contributed by atoms with Gasteiger partial charge in [0.15, 0.2) is 0 Å². The van der Waals surface area contributed by atoms with Gasteiger partial charge in [-0.2, -0.15) is 0 Å². The van der Waals surface area contributed by atoms with Gasteiger partial charge in [0.25, 0.3) is 0 Å². The number of nitrogens with two attached hydrogens (primary N) is 1. The monoisotopic (exact) mass is 201 g/mol. The van der Waals surface area contributed by atoms with Crippen molar-refractivity contribution in [2.45, 2.75) is 47.1 Å². The second-order valence-corrected chi connectivity index (χ2v) is 5.02. The molecule has 2 unspecified atom stereocenters. The molecule has 2 atom stereocenters. The Balaban J connectivity index is 3.62. The van der Waals surface area contributed by atoms with E-state index in [1.807, 2.05) is 0 Å². The van der Waals surface area contributed by atoms with Gasteiger partial charge >= 0.3 is 0 Å². The molecule has 2 heteroatoms. The molecule has 0 saturated carbocycles. The molecule has 0 aromatic heterocycles. The average molecular weight is 201 g/mol. The Hall–Kier alpha value is -0.0800. The first-order valence-electron chi connectivity index (χ1n) is 5.78. The molecular formula is C12H27NO. The largest absolute Gasteiger partial charge is 0.381 e. The van der Waals surface area contributed by atoms with Crippen LogP contribution in [0.5, 0.6) is 0 Å². The second-order valence-electron chi connectivity index (χ2n) is 5.02. The third kappa shape index (κ3) is 6.39. The quantitative estimate of drug-likeness (QED) is 0.643. The van der Waals surface area contributed by atoms with Crippen LogP contribution in [0.15, 0.2) is 0 Å². The summed E-state index contributed by atoms with van der Waals surface area (Å²) < 4.78 is 5.57. The van der Waals surface area contributed by atoms with Gasteiger partial charge < -0.3 is 10.5 Å². The lowest BCUT2D eigenvalue weighted by Crippen LogP contribution is -2.31. The van der Waals surface area contributed by atoms with Gasteiger partial charge in [-0.15, -0.1) is 0 Å². The van der Waals surface area contributed by atoms with Crippen LogP contribution in [0.1, 0.15) is 41.0 Å². The third-order valence-electron chi connectivity index (χ3n) is 2.58. The van der Waals surface area contributed by atoms with Crippen molar-refractivity contribution in [3.8, 4) is 0 Å². The van der Waals surface area contributed by atoms with Crippen LogP contribution >= 0.6 is 0 Å². The van der Waals surface area contributed by atoms with Gasteiger partial charge in [0.1, 0.15) is 0 Å². The highest BCUT2D eigenvalue weighted by atomic mass is 16.5. The maximum atomic E-state index is 5.92. The first-order chi connectivity index (χ1) is 6.45. The SMILES string of the molecule is CC(C)COCCC(C(C)C)C(C)N. The summed E-state index contributed by atoms with van der Waals surface area (Å²) in [5, 5.41) is 0. The van der Waals surface area contributed by atoms with Crippen molar-refractivity contribution in [2.24, 2.45) is 23.5 Å². The van der Waals surface area contributed by atoms with Crippen molar-refractivity contribution in [3.63, 3.8) is 0 Å². The Bertz CT molecular complexity index is 124. The van der Waals surface area contributed by atoms with Gasteiger partial charge in [0, 0.05) is 19.3 Å². The Labute approximate surface area is 89.2 Å². The molecule has 0 aromatic rings. The van der Waals surface area contributed by atoms with Crippen molar-refractivity contribution >= 4 is 0 Å². The highest BCUT2D eigenvalue weighted by Gasteiger charge is 2.17. The fraction of sp³-hybridized carbons (Fsp3) is 1.00. The average Bonchev–Trinajstić information content (AvgIpc) is 2.01. The van der Waals surface area contributed by atoms with E-state index in [9.17, 15) is 0 Å². The van der Waals surface area contributed by atoms with Crippen LogP contribution < -0.4 is 5.73 Å². The van der Waals surface area contributed by atoms with Crippen molar-refractivity contribution < 1.29 is 4.74 Å². The maximum absolute atomic E-state index is 5.92. The summed E-state index contributed by atoms with van der Waals surface area (Å²) in [5.74, 6) is 1.86. The van der Waals surface area contributed by atoms with Crippen molar-refractivity contribution in [3.05, 3.63) is 0 Å². The van der Waals surface area contributed by atoms with Gasteiger partial charge in [0.05, 0.1) is 0 Å². The third-order valence-corrected chi connectivity index (χ3v) is 2.58. The normalized spacial score (nSPS) is 16.3. The summed E-state index contributed by atoms with van der Waals surface area (Å²) in [5.41, 5.74) is 5.92. The van der Waals surface area contributed by atoms with Crippen LogP contribution in [0.3, 0.4) is 0 Å². The fourth-order valence-electron chi connectivity index (χ4n) is 1.74. The van der Waals surface area contributed by atoms with Crippen LogP contribution in [-0.4, -0.2) is 19.3 Å². The van der Waals surface area contributed by atoms with Crippen LogP contribution in [0.25, 0.3) is 0 Å². The van der Waals surface area contributed by atoms with E-state index in [1.165, 1.54) is 0 Å². The molecule has 0 heterocycles. The molecule has 0 radical (unpaired) electrons. The lowest BCUT2D eigenvalue weighted by atomic mass is 9.87. The lowest BCUT2D eigenvalue weighted by Gasteiger charge is -2.24. The zero-order valence-electron chi connectivity index (χ0n) is 10.4. The molecule has 86 valence electrons. The van der Waals surface area contributed by atoms with Crippen molar-refractivity contribution in [2.75, 3.05) is 13.2 Å². The molecule has 0 aromatic carbocycles. The fourth-order valence-corrected chi connectivity index (χ4v) is 1.74. The summed E-state index contributed by atoms with van der Waals surface area (Å²) >= 11 is 0. The van der Waals surface area contributed by atoms with Crippen LogP contribution in [0.4, 0.5) is 0 Å². The lowest BCUT2D eigenvalue weighted by molar-refractivity contribution is 0.0890. The van der Waals surface area contributed by atoms with E-state index in [2.05, 4.69) is 34.6 Å². The first-order valence-corrected chi connectivity index (χ1v) is 5.78. The van der Waals surface area contributed by atoms with Crippen LogP contribution in [0, 0.1) is 17.8 Å². The van der Waals surface area contributed by atoms with E-state index in [4.69, 9.17) is 10.5 Å². The Morgan fingerprint density at radius 2 is 1.64 bits per heavy atom. The number of hydrogen-bond acceptors (Lipinski definition) is 2. The van der Waals surface area contributed by atoms with Gasteiger partial charge in [-0.3, -0.25) is 0 Å². The van der Waals surface area contributed by atoms with Gasteiger partial charge in [-0.05, 0) is 31.1 Å². The zero-order chi connectivity index (χ0) is 11.1. The Morgan fingerprint density at radius 1 is 1.07 bits per heavy atom. The smallest absolute Gasteiger partial charge is 0.0488 e. The summed E-state index contributed by atoms with van der Waals surface area (Å²) in [6.07, 6.45) is 1.09. The molecule has 0 saturated heterocycles. The summed E-state index contributed by atoms with van der Waals surface area (Å²) in [6, 6.07) is 0.276. The molecule has 2 N–H and O–H groups in total. The van der Waals surface area contributed by atoms with E-state index in [0.717, 1.165) is 19.6 Å². The second kappa shape index (κ2) is 7.24. The van der Waals surface area contributed by atoms with Crippen molar-refractivity contribution in [1.29, 1.82) is 0 Å². The van der Waals surface area contributed by atoms with Gasteiger partial charge in [-0.1, -0.05) is 27.7 Å².